The van der Waals surface area contributed by atoms with Crippen LogP contribution in [-0.4, -0.2) is 58.1 Å². The van der Waals surface area contributed by atoms with Crippen LogP contribution in [0.25, 0.3) is 0 Å². The normalized spacial score (nSPS) is 31.6. The Labute approximate surface area is 168 Å². The van der Waals surface area contributed by atoms with Crippen LogP contribution in [0.15, 0.2) is 18.2 Å². The SMILES string of the molecule is NCC1CC2(CCN2Cc2cccc3c2C(=O)N(C2CCC(=O)NC2=O)C3=O)C1. The van der Waals surface area contributed by atoms with Gasteiger partial charge in [-0.25, -0.2) is 0 Å². The van der Waals surface area contributed by atoms with Crippen LogP contribution in [0.1, 0.15) is 58.4 Å². The van der Waals surface area contributed by atoms with Gasteiger partial charge in [0.1, 0.15) is 6.04 Å². The first kappa shape index (κ1) is 18.4. The smallest absolute Gasteiger partial charge is 0.262 e. The van der Waals surface area contributed by atoms with E-state index in [0.29, 0.717) is 30.1 Å². The molecule has 29 heavy (non-hydrogen) atoms. The highest BCUT2D eigenvalue weighted by Crippen LogP contribution is 2.51. The largest absolute Gasteiger partial charge is 0.330 e. The highest BCUT2D eigenvalue weighted by atomic mass is 16.2. The van der Waals surface area contributed by atoms with E-state index in [1.165, 1.54) is 0 Å². The number of carbonyl (C=O) groups excluding carboxylic acids is 4. The van der Waals surface area contributed by atoms with E-state index >= 15 is 0 Å². The fourth-order valence-corrected chi connectivity index (χ4v) is 5.40. The van der Waals surface area contributed by atoms with Crippen molar-refractivity contribution in [2.24, 2.45) is 11.7 Å². The molecule has 1 aromatic carbocycles. The predicted octanol–water partition coefficient (Wildman–Crippen LogP) is 0.401. The molecule has 0 aromatic heterocycles. The second kappa shape index (κ2) is 6.47. The number of nitrogens with one attached hydrogen (secondary N) is 1. The lowest BCUT2D eigenvalue weighted by Crippen LogP contribution is -2.66. The molecule has 3 heterocycles. The molecule has 1 saturated carbocycles. The first-order valence-electron chi connectivity index (χ1n) is 10.2. The standard InChI is InChI=1S/C21H24N4O4/c22-10-12-8-21(9-12)6-7-24(21)11-13-2-1-3-14-17(13)20(29)25(19(14)28)15-4-5-16(26)23-18(15)27/h1-3,12,15H,4-11,22H2,(H,23,26,27). The molecule has 8 heteroatoms. The predicted molar refractivity (Wildman–Crippen MR) is 103 cm³/mol. The highest BCUT2D eigenvalue weighted by Gasteiger charge is 2.53. The van der Waals surface area contributed by atoms with Gasteiger partial charge in [-0.05, 0) is 49.8 Å². The number of hydrogen-bond acceptors (Lipinski definition) is 6. The van der Waals surface area contributed by atoms with E-state index in [1.54, 1.807) is 12.1 Å². The summed E-state index contributed by atoms with van der Waals surface area (Å²) in [5, 5.41) is 2.23. The molecule has 8 nitrogen and oxygen atoms in total. The van der Waals surface area contributed by atoms with Crippen LogP contribution in [0.3, 0.4) is 0 Å². The molecule has 5 rings (SSSR count). The third kappa shape index (κ3) is 2.66. The zero-order valence-electron chi connectivity index (χ0n) is 16.1. The maximum Gasteiger partial charge on any atom is 0.262 e. The fraction of sp³-hybridized carbons (Fsp3) is 0.524. The lowest BCUT2D eigenvalue weighted by Gasteiger charge is -2.62. The van der Waals surface area contributed by atoms with Crippen LogP contribution in [0.5, 0.6) is 0 Å². The summed E-state index contributed by atoms with van der Waals surface area (Å²) in [6.45, 7) is 2.30. The summed E-state index contributed by atoms with van der Waals surface area (Å²) in [5.74, 6) is -1.26. The van der Waals surface area contributed by atoms with Crippen molar-refractivity contribution in [2.75, 3.05) is 13.1 Å². The highest BCUT2D eigenvalue weighted by molar-refractivity contribution is 6.24. The van der Waals surface area contributed by atoms with Gasteiger partial charge in [-0.2, -0.15) is 0 Å². The number of imide groups is 2. The van der Waals surface area contributed by atoms with Crippen molar-refractivity contribution in [3.63, 3.8) is 0 Å². The quantitative estimate of drug-likeness (QED) is 0.713. The first-order chi connectivity index (χ1) is 13.9. The maximum atomic E-state index is 13.2. The average Bonchev–Trinajstić information content (AvgIpc) is 2.90. The molecule has 3 aliphatic heterocycles. The third-order valence-corrected chi connectivity index (χ3v) is 7.10. The summed E-state index contributed by atoms with van der Waals surface area (Å²) in [5.41, 5.74) is 7.56. The van der Waals surface area contributed by atoms with Crippen LogP contribution in [0.2, 0.25) is 0 Å². The van der Waals surface area contributed by atoms with Crippen molar-refractivity contribution in [2.45, 2.75) is 50.2 Å². The number of rotatable bonds is 4. The van der Waals surface area contributed by atoms with Crippen molar-refractivity contribution in [1.29, 1.82) is 0 Å². The molecule has 0 bridgehead atoms. The summed E-state index contributed by atoms with van der Waals surface area (Å²) >= 11 is 0. The Balaban J connectivity index is 1.40. The van der Waals surface area contributed by atoms with Gasteiger partial charge in [0.2, 0.25) is 11.8 Å². The lowest BCUT2D eigenvalue weighted by atomic mass is 9.61. The first-order valence-corrected chi connectivity index (χ1v) is 10.2. The molecule has 1 spiro atoms. The molecule has 3 N–H and O–H groups in total. The Hall–Kier alpha value is -2.58. The Morgan fingerprint density at radius 1 is 1.14 bits per heavy atom. The van der Waals surface area contributed by atoms with Gasteiger partial charge in [0.05, 0.1) is 11.1 Å². The number of amides is 4. The molecule has 1 aromatic rings. The van der Waals surface area contributed by atoms with Gasteiger partial charge in [-0.15, -0.1) is 0 Å². The Bertz CT molecular complexity index is 937. The minimum Gasteiger partial charge on any atom is -0.330 e. The van der Waals surface area contributed by atoms with Crippen LogP contribution in [-0.2, 0) is 16.1 Å². The summed E-state index contributed by atoms with van der Waals surface area (Å²) in [7, 11) is 0. The summed E-state index contributed by atoms with van der Waals surface area (Å²) in [6, 6.07) is 4.40. The second-order valence-corrected chi connectivity index (χ2v) is 8.69. The number of carbonyl (C=O) groups is 4. The molecular formula is C21H24N4O4. The van der Waals surface area contributed by atoms with E-state index in [9.17, 15) is 19.2 Å². The lowest BCUT2D eigenvalue weighted by molar-refractivity contribution is -0.136. The van der Waals surface area contributed by atoms with E-state index in [4.69, 9.17) is 5.73 Å². The molecule has 2 saturated heterocycles. The van der Waals surface area contributed by atoms with Crippen molar-refractivity contribution in [3.05, 3.63) is 34.9 Å². The third-order valence-electron chi connectivity index (χ3n) is 7.10. The minimum atomic E-state index is -0.930. The number of hydrogen-bond donors (Lipinski definition) is 2. The molecule has 1 unspecified atom stereocenters. The van der Waals surface area contributed by atoms with E-state index in [1.807, 2.05) is 6.07 Å². The van der Waals surface area contributed by atoms with Gasteiger partial charge >= 0.3 is 0 Å². The van der Waals surface area contributed by atoms with Gasteiger partial charge in [0, 0.05) is 25.0 Å². The number of piperidine rings is 1. The van der Waals surface area contributed by atoms with Crippen molar-refractivity contribution >= 4 is 23.6 Å². The summed E-state index contributed by atoms with van der Waals surface area (Å²) in [4.78, 5) is 53.2. The van der Waals surface area contributed by atoms with Gasteiger partial charge in [0.15, 0.2) is 0 Å². The molecule has 1 atom stereocenters. The van der Waals surface area contributed by atoms with E-state index in [2.05, 4.69) is 10.2 Å². The second-order valence-electron chi connectivity index (χ2n) is 8.69. The maximum absolute atomic E-state index is 13.2. The van der Waals surface area contributed by atoms with E-state index < -0.39 is 23.8 Å². The number of fused-ring (bicyclic) bond motifs is 1. The zero-order chi connectivity index (χ0) is 20.3. The summed E-state index contributed by atoms with van der Waals surface area (Å²) in [6.07, 6.45) is 3.62. The monoisotopic (exact) mass is 396 g/mol. The fourth-order valence-electron chi connectivity index (χ4n) is 5.40. The van der Waals surface area contributed by atoms with Crippen molar-refractivity contribution < 1.29 is 19.2 Å². The summed E-state index contributed by atoms with van der Waals surface area (Å²) < 4.78 is 0. The minimum absolute atomic E-state index is 0.120. The van der Waals surface area contributed by atoms with Crippen molar-refractivity contribution in [1.82, 2.24) is 15.1 Å². The molecule has 0 radical (unpaired) electrons. The molecule has 4 amide bonds. The Morgan fingerprint density at radius 3 is 2.59 bits per heavy atom. The average molecular weight is 396 g/mol. The molecule has 1 aliphatic carbocycles. The van der Waals surface area contributed by atoms with Crippen LogP contribution in [0, 0.1) is 5.92 Å². The Kier molecular flexibility index (Phi) is 4.11. The van der Waals surface area contributed by atoms with E-state index in [-0.39, 0.29) is 24.3 Å². The molecular weight excluding hydrogens is 372 g/mol. The number of benzene rings is 1. The molecule has 152 valence electrons. The topological polar surface area (TPSA) is 113 Å². The van der Waals surface area contributed by atoms with Crippen LogP contribution in [0.4, 0.5) is 0 Å². The number of nitrogens with two attached hydrogens (primary N) is 1. The van der Waals surface area contributed by atoms with Crippen molar-refractivity contribution in [3.8, 4) is 0 Å². The molecule has 3 fully saturated rings. The number of nitrogens with zero attached hydrogens (tertiary/aromatic N) is 2. The van der Waals surface area contributed by atoms with Gasteiger partial charge in [0.25, 0.3) is 11.8 Å². The van der Waals surface area contributed by atoms with Gasteiger partial charge in [-0.1, -0.05) is 12.1 Å². The van der Waals surface area contributed by atoms with Crippen LogP contribution < -0.4 is 11.1 Å². The molecule has 4 aliphatic rings. The number of likely N-dealkylation sites (tertiary alicyclic amines) is 1. The Morgan fingerprint density at radius 2 is 1.93 bits per heavy atom. The van der Waals surface area contributed by atoms with Gasteiger partial charge < -0.3 is 5.73 Å². The van der Waals surface area contributed by atoms with Gasteiger partial charge in [-0.3, -0.25) is 34.3 Å². The van der Waals surface area contributed by atoms with Crippen LogP contribution >= 0.6 is 0 Å². The zero-order valence-corrected chi connectivity index (χ0v) is 16.1. The van der Waals surface area contributed by atoms with E-state index in [0.717, 1.165) is 36.3 Å².